The van der Waals surface area contributed by atoms with Crippen LogP contribution in [0.5, 0.6) is 0 Å². The van der Waals surface area contributed by atoms with E-state index in [1.807, 2.05) is 6.07 Å². The lowest BCUT2D eigenvalue weighted by atomic mass is 9.97. The zero-order valence-electron chi connectivity index (χ0n) is 18.2. The topological polar surface area (TPSA) is 55.6 Å². The number of rotatable bonds is 7. The van der Waals surface area contributed by atoms with Crippen LogP contribution < -0.4 is 5.32 Å². The number of nitrogens with zero attached hydrogens (tertiary/aromatic N) is 4. The Hall–Kier alpha value is -2.66. The fourth-order valence-corrected chi connectivity index (χ4v) is 5.35. The monoisotopic (exact) mass is 445 g/mol. The number of fused-ring (bicyclic) bond motifs is 2. The summed E-state index contributed by atoms with van der Waals surface area (Å²) in [6.45, 7) is 1.05. The molecule has 3 heterocycles. The van der Waals surface area contributed by atoms with Gasteiger partial charge in [-0.25, -0.2) is 15.0 Å². The molecule has 0 saturated heterocycles. The quantitative estimate of drug-likeness (QED) is 0.333. The van der Waals surface area contributed by atoms with E-state index in [-0.39, 0.29) is 0 Å². The van der Waals surface area contributed by atoms with Gasteiger partial charge in [-0.05, 0) is 86.6 Å². The first-order valence-corrected chi connectivity index (χ1v) is 12.2. The van der Waals surface area contributed by atoms with Crippen molar-refractivity contribution in [1.29, 1.82) is 0 Å². The van der Waals surface area contributed by atoms with Gasteiger partial charge >= 0.3 is 0 Å². The SMILES string of the molecule is Clc1ncnc2c1ccn2C1CC[C@@H](CCc2ccc3ccc(NCC4CC4)nc3c2)C1. The van der Waals surface area contributed by atoms with Gasteiger partial charge in [0.05, 0.1) is 10.9 Å². The minimum absolute atomic E-state index is 0.502. The maximum absolute atomic E-state index is 6.24. The van der Waals surface area contributed by atoms with Gasteiger partial charge in [-0.15, -0.1) is 0 Å². The van der Waals surface area contributed by atoms with E-state index in [2.05, 4.69) is 56.4 Å². The number of benzene rings is 1. The molecule has 4 aromatic rings. The van der Waals surface area contributed by atoms with Gasteiger partial charge in [0.15, 0.2) is 0 Å². The molecule has 0 spiro atoms. The molecule has 6 rings (SSSR count). The summed E-state index contributed by atoms with van der Waals surface area (Å²) in [4.78, 5) is 13.4. The molecule has 1 aromatic carbocycles. The number of halogens is 1. The van der Waals surface area contributed by atoms with E-state index >= 15 is 0 Å². The molecule has 0 radical (unpaired) electrons. The zero-order valence-corrected chi connectivity index (χ0v) is 18.9. The Balaban J connectivity index is 1.10. The standard InChI is InChI=1S/C26H28ClN5/c27-25-22-11-12-32(26(22)30-16-29-25)21-9-6-17(13-21)1-2-18-5-7-20-8-10-24(31-23(20)14-18)28-15-19-3-4-19/h5,7-8,10-12,14,16-17,19,21H,1-4,6,9,13,15H2,(H,28,31)/t17-,21?/m1/s1. The van der Waals surface area contributed by atoms with Gasteiger partial charge in [-0.3, -0.25) is 0 Å². The molecule has 32 heavy (non-hydrogen) atoms. The minimum Gasteiger partial charge on any atom is -0.370 e. The van der Waals surface area contributed by atoms with Crippen LogP contribution in [0.4, 0.5) is 5.82 Å². The van der Waals surface area contributed by atoms with E-state index in [1.54, 1.807) is 6.33 Å². The Kier molecular flexibility index (Phi) is 5.22. The highest BCUT2D eigenvalue weighted by Crippen LogP contribution is 2.39. The molecule has 1 unspecified atom stereocenters. The molecule has 1 N–H and O–H groups in total. The zero-order chi connectivity index (χ0) is 21.5. The first kappa shape index (κ1) is 20.0. The summed E-state index contributed by atoms with van der Waals surface area (Å²) < 4.78 is 2.30. The third-order valence-electron chi connectivity index (χ3n) is 7.23. The molecule has 2 aliphatic rings. The van der Waals surface area contributed by atoms with E-state index in [0.717, 1.165) is 47.2 Å². The summed E-state index contributed by atoms with van der Waals surface area (Å²) in [5, 5.41) is 6.21. The second-order valence-electron chi connectivity index (χ2n) is 9.54. The number of anilines is 1. The normalized spacial score (nSPS) is 20.9. The van der Waals surface area contributed by atoms with Gasteiger partial charge in [0.25, 0.3) is 0 Å². The Labute approximate surface area is 193 Å². The average Bonchev–Trinajstić information content (AvgIpc) is 3.34. The van der Waals surface area contributed by atoms with Crippen molar-refractivity contribution in [2.75, 3.05) is 11.9 Å². The van der Waals surface area contributed by atoms with Gasteiger partial charge in [0.1, 0.15) is 22.9 Å². The van der Waals surface area contributed by atoms with Crippen LogP contribution >= 0.6 is 11.6 Å². The number of hydrogen-bond acceptors (Lipinski definition) is 4. The highest BCUT2D eigenvalue weighted by molar-refractivity contribution is 6.33. The third-order valence-corrected chi connectivity index (χ3v) is 7.54. The molecule has 2 aliphatic carbocycles. The van der Waals surface area contributed by atoms with E-state index in [4.69, 9.17) is 16.6 Å². The number of pyridine rings is 1. The summed E-state index contributed by atoms with van der Waals surface area (Å²) >= 11 is 6.24. The highest BCUT2D eigenvalue weighted by Gasteiger charge is 2.27. The summed E-state index contributed by atoms with van der Waals surface area (Å²) in [5.74, 6) is 2.59. The number of nitrogens with one attached hydrogen (secondary N) is 1. The third kappa shape index (κ3) is 4.06. The average molecular weight is 446 g/mol. The molecule has 164 valence electrons. The van der Waals surface area contributed by atoms with Crippen molar-refractivity contribution in [1.82, 2.24) is 19.5 Å². The van der Waals surface area contributed by atoms with Crippen LogP contribution in [0.25, 0.3) is 21.9 Å². The van der Waals surface area contributed by atoms with Crippen LogP contribution in [0.1, 0.15) is 50.1 Å². The van der Waals surface area contributed by atoms with Crippen molar-refractivity contribution in [3.05, 3.63) is 59.6 Å². The molecular weight excluding hydrogens is 418 g/mol. The molecule has 0 aliphatic heterocycles. The van der Waals surface area contributed by atoms with Crippen molar-refractivity contribution in [3.63, 3.8) is 0 Å². The van der Waals surface area contributed by atoms with Gasteiger partial charge in [0, 0.05) is 24.2 Å². The van der Waals surface area contributed by atoms with Crippen LogP contribution in [0.3, 0.4) is 0 Å². The van der Waals surface area contributed by atoms with Crippen LogP contribution in [0, 0.1) is 11.8 Å². The largest absolute Gasteiger partial charge is 0.370 e. The lowest BCUT2D eigenvalue weighted by molar-refractivity contribution is 0.461. The van der Waals surface area contributed by atoms with Gasteiger partial charge in [-0.1, -0.05) is 23.7 Å². The molecule has 6 heteroatoms. The Morgan fingerprint density at radius 3 is 2.78 bits per heavy atom. The van der Waals surface area contributed by atoms with E-state index in [0.29, 0.717) is 11.2 Å². The van der Waals surface area contributed by atoms with Crippen LogP contribution in [-0.2, 0) is 6.42 Å². The fourth-order valence-electron chi connectivity index (χ4n) is 5.16. The molecule has 5 nitrogen and oxygen atoms in total. The van der Waals surface area contributed by atoms with Gasteiger partial charge < -0.3 is 9.88 Å². The lowest BCUT2D eigenvalue weighted by Gasteiger charge is -2.14. The van der Waals surface area contributed by atoms with Crippen molar-refractivity contribution in [2.45, 2.75) is 51.0 Å². The van der Waals surface area contributed by atoms with Crippen LogP contribution in [0.15, 0.2) is 48.9 Å². The van der Waals surface area contributed by atoms with E-state index < -0.39 is 0 Å². The summed E-state index contributed by atoms with van der Waals surface area (Å²) in [6.07, 6.45) is 12.4. The second-order valence-corrected chi connectivity index (χ2v) is 9.90. The molecule has 2 atom stereocenters. The number of aryl methyl sites for hydroxylation is 1. The maximum Gasteiger partial charge on any atom is 0.145 e. The lowest BCUT2D eigenvalue weighted by Crippen LogP contribution is -2.06. The predicted octanol–water partition coefficient (Wildman–Crippen LogP) is 6.43. The van der Waals surface area contributed by atoms with E-state index in [9.17, 15) is 0 Å². The molecular formula is C26H28ClN5. The summed E-state index contributed by atoms with van der Waals surface area (Å²) in [7, 11) is 0. The van der Waals surface area contributed by atoms with Gasteiger partial charge in [0.2, 0.25) is 0 Å². The molecule has 2 fully saturated rings. The number of hydrogen-bond donors (Lipinski definition) is 1. The first-order valence-electron chi connectivity index (χ1n) is 11.8. The minimum atomic E-state index is 0.502. The van der Waals surface area contributed by atoms with Crippen molar-refractivity contribution in [3.8, 4) is 0 Å². The Morgan fingerprint density at radius 2 is 1.88 bits per heavy atom. The van der Waals surface area contributed by atoms with Crippen LogP contribution in [-0.4, -0.2) is 26.1 Å². The smallest absolute Gasteiger partial charge is 0.145 e. The molecule has 0 amide bonds. The number of aromatic nitrogens is 4. The van der Waals surface area contributed by atoms with Crippen LogP contribution in [0.2, 0.25) is 5.15 Å². The summed E-state index contributed by atoms with van der Waals surface area (Å²) in [5.41, 5.74) is 3.45. The van der Waals surface area contributed by atoms with Crippen molar-refractivity contribution in [2.24, 2.45) is 11.8 Å². The van der Waals surface area contributed by atoms with Crippen molar-refractivity contribution >= 4 is 39.4 Å². The maximum atomic E-state index is 6.24. The molecule has 2 saturated carbocycles. The first-order chi connectivity index (χ1) is 15.7. The molecule has 0 bridgehead atoms. The highest BCUT2D eigenvalue weighted by atomic mass is 35.5. The van der Waals surface area contributed by atoms with Crippen molar-refractivity contribution < 1.29 is 0 Å². The molecule has 3 aromatic heterocycles. The second kappa shape index (κ2) is 8.36. The predicted molar refractivity (Wildman–Crippen MR) is 130 cm³/mol. The Morgan fingerprint density at radius 1 is 1.00 bits per heavy atom. The summed E-state index contributed by atoms with van der Waals surface area (Å²) in [6, 6.07) is 13.6. The Bertz CT molecular complexity index is 1260. The fraction of sp³-hybridized carbons (Fsp3) is 0.423. The van der Waals surface area contributed by atoms with Gasteiger partial charge in [-0.2, -0.15) is 0 Å². The van der Waals surface area contributed by atoms with E-state index in [1.165, 1.54) is 49.5 Å².